The molecule has 3 N–H and O–H groups in total. The first-order valence-electron chi connectivity index (χ1n) is 12.1. The molecule has 2 aromatic rings. The van der Waals surface area contributed by atoms with Gasteiger partial charge in [0.2, 0.25) is 0 Å². The van der Waals surface area contributed by atoms with Gasteiger partial charge in [0.1, 0.15) is 17.3 Å². The Bertz CT molecular complexity index is 1180. The summed E-state index contributed by atoms with van der Waals surface area (Å²) in [5.74, 6) is 0.902. The number of aromatic nitrogens is 1. The molecule has 0 spiro atoms. The summed E-state index contributed by atoms with van der Waals surface area (Å²) in [6, 6.07) is 7.35. The van der Waals surface area contributed by atoms with Gasteiger partial charge >= 0.3 is 0 Å². The zero-order chi connectivity index (χ0) is 26.4. The Morgan fingerprint density at radius 3 is 3.00 bits per heavy atom. The topological polar surface area (TPSA) is 97.0 Å². The molecule has 1 saturated heterocycles. The number of hydrogen-bond donors (Lipinski definition) is 3. The van der Waals surface area contributed by atoms with Crippen LogP contribution >= 0.6 is 23.8 Å². The van der Waals surface area contributed by atoms with Gasteiger partial charge in [-0.05, 0) is 32.2 Å². The van der Waals surface area contributed by atoms with Crippen LogP contribution in [0.1, 0.15) is 18.9 Å². The molecular formula is C26H32ClN5O4S. The number of halogens is 1. The van der Waals surface area contributed by atoms with E-state index in [1.807, 2.05) is 13.0 Å². The summed E-state index contributed by atoms with van der Waals surface area (Å²) in [5.41, 5.74) is 2.64. The average molecular weight is 546 g/mol. The van der Waals surface area contributed by atoms with E-state index in [-0.39, 0.29) is 23.0 Å². The first kappa shape index (κ1) is 27.1. The number of methoxy groups -OCH3 is 1. The van der Waals surface area contributed by atoms with Crippen molar-refractivity contribution in [2.75, 3.05) is 45.8 Å². The Balaban J connectivity index is 1.51. The Hall–Kier alpha value is -2.92. The number of ether oxygens (including phenoxy) is 3. The van der Waals surface area contributed by atoms with Crippen molar-refractivity contribution >= 4 is 40.4 Å². The Morgan fingerprint density at radius 1 is 1.38 bits per heavy atom. The minimum atomic E-state index is -0.244. The van der Waals surface area contributed by atoms with Crippen LogP contribution in [0.5, 0.6) is 11.5 Å². The quantitative estimate of drug-likeness (QED) is 0.411. The molecule has 1 aromatic heterocycles. The average Bonchev–Trinajstić information content (AvgIpc) is 2.87. The van der Waals surface area contributed by atoms with Crippen LogP contribution in [-0.2, 0) is 16.1 Å². The summed E-state index contributed by atoms with van der Waals surface area (Å²) in [5, 5.41) is 9.97. The lowest BCUT2D eigenvalue weighted by molar-refractivity contribution is -0.118. The fraction of sp³-hybridized carbons (Fsp3) is 0.423. The molecule has 9 nitrogen and oxygen atoms in total. The van der Waals surface area contributed by atoms with Crippen molar-refractivity contribution in [3.05, 3.63) is 58.5 Å². The number of rotatable bonds is 9. The molecule has 2 aliphatic rings. The summed E-state index contributed by atoms with van der Waals surface area (Å²) >= 11 is 11.9. The number of hydrogen-bond acceptors (Lipinski definition) is 8. The SMILES string of the molecule is COc1c(Cl)cccc1NC(=S)C1=C(NCc2ccncc2OC[C@@H]2COCCN2C)C[C@@H](C)NC1=O. The minimum absolute atomic E-state index is 0.0442. The third kappa shape index (κ3) is 6.70. The zero-order valence-corrected chi connectivity index (χ0v) is 22.7. The molecule has 2 atom stereocenters. The van der Waals surface area contributed by atoms with Gasteiger partial charge in [0.15, 0.2) is 5.75 Å². The van der Waals surface area contributed by atoms with Gasteiger partial charge in [-0.25, -0.2) is 0 Å². The summed E-state index contributed by atoms with van der Waals surface area (Å²) in [4.78, 5) is 19.8. The number of morpholine rings is 1. The van der Waals surface area contributed by atoms with Gasteiger partial charge in [-0.3, -0.25) is 14.7 Å². The van der Waals surface area contributed by atoms with Gasteiger partial charge in [0, 0.05) is 43.0 Å². The molecule has 3 heterocycles. The van der Waals surface area contributed by atoms with Crippen LogP contribution in [0.2, 0.25) is 5.02 Å². The Kier molecular flexibility index (Phi) is 9.20. The van der Waals surface area contributed by atoms with Crippen molar-refractivity contribution in [3.63, 3.8) is 0 Å². The summed E-state index contributed by atoms with van der Waals surface area (Å²) in [6.07, 6.45) is 4.04. The second-order valence-electron chi connectivity index (χ2n) is 9.06. The second kappa shape index (κ2) is 12.6. The van der Waals surface area contributed by atoms with Crippen molar-refractivity contribution in [2.45, 2.75) is 32.0 Å². The van der Waals surface area contributed by atoms with Gasteiger partial charge < -0.3 is 30.2 Å². The number of likely N-dealkylation sites (N-methyl/N-ethyl adjacent to an activating group) is 1. The number of benzene rings is 1. The number of amides is 1. The van der Waals surface area contributed by atoms with E-state index >= 15 is 0 Å². The molecule has 4 rings (SSSR count). The zero-order valence-electron chi connectivity index (χ0n) is 21.2. The Labute approximate surface area is 227 Å². The molecule has 0 bridgehead atoms. The number of thiocarbonyl (C=S) groups is 1. The maximum Gasteiger partial charge on any atom is 0.256 e. The van der Waals surface area contributed by atoms with E-state index in [0.717, 1.165) is 24.4 Å². The number of carbonyl (C=O) groups excluding carboxylic acids is 1. The van der Waals surface area contributed by atoms with Crippen molar-refractivity contribution in [2.24, 2.45) is 0 Å². The van der Waals surface area contributed by atoms with E-state index in [0.29, 0.717) is 54.0 Å². The fourth-order valence-electron chi connectivity index (χ4n) is 4.28. The number of nitrogens with one attached hydrogen (secondary N) is 3. The predicted molar refractivity (Wildman–Crippen MR) is 147 cm³/mol. The third-order valence-electron chi connectivity index (χ3n) is 6.38. The van der Waals surface area contributed by atoms with Crippen LogP contribution < -0.4 is 25.4 Å². The van der Waals surface area contributed by atoms with Crippen LogP contribution in [-0.4, -0.2) is 73.4 Å². The molecule has 11 heteroatoms. The largest absolute Gasteiger partial charge is 0.493 e. The van der Waals surface area contributed by atoms with Crippen molar-refractivity contribution in [1.29, 1.82) is 0 Å². The number of para-hydroxylation sites is 1. The molecule has 37 heavy (non-hydrogen) atoms. The maximum absolute atomic E-state index is 13.0. The number of nitrogens with zero attached hydrogens (tertiary/aromatic N) is 2. The molecule has 1 amide bonds. The van der Waals surface area contributed by atoms with E-state index in [4.69, 9.17) is 38.0 Å². The lowest BCUT2D eigenvalue weighted by Gasteiger charge is -2.32. The molecule has 0 saturated carbocycles. The van der Waals surface area contributed by atoms with E-state index in [9.17, 15) is 4.79 Å². The minimum Gasteiger partial charge on any atom is -0.493 e. The molecule has 1 fully saturated rings. The van der Waals surface area contributed by atoms with Crippen LogP contribution in [0.4, 0.5) is 5.69 Å². The molecule has 0 radical (unpaired) electrons. The van der Waals surface area contributed by atoms with E-state index in [2.05, 4.69) is 32.9 Å². The van der Waals surface area contributed by atoms with Crippen molar-refractivity contribution in [1.82, 2.24) is 20.5 Å². The fourth-order valence-corrected chi connectivity index (χ4v) is 4.86. The molecule has 0 unspecified atom stereocenters. The summed E-state index contributed by atoms with van der Waals surface area (Å²) in [7, 11) is 3.60. The van der Waals surface area contributed by atoms with Gasteiger partial charge in [0.25, 0.3) is 5.91 Å². The molecule has 2 aliphatic heterocycles. The maximum atomic E-state index is 13.0. The highest BCUT2D eigenvalue weighted by Gasteiger charge is 2.28. The standard InChI is InChI=1S/C26H32ClN5O4S/c1-16-11-21(23(25(33)30-16)26(37)31-20-6-4-5-19(27)24(20)34-3)29-12-17-7-8-28-13-22(17)36-15-18-14-35-10-9-32(18)2/h4-8,13,16,18,29H,9-12,14-15H2,1-3H3,(H,30,33)(H,31,37)/t16-,18+/m1/s1. The summed E-state index contributed by atoms with van der Waals surface area (Å²) < 4.78 is 17.1. The lowest BCUT2D eigenvalue weighted by Crippen LogP contribution is -2.46. The van der Waals surface area contributed by atoms with Gasteiger partial charge in [-0.2, -0.15) is 0 Å². The summed E-state index contributed by atoms with van der Waals surface area (Å²) in [6.45, 7) is 5.14. The van der Waals surface area contributed by atoms with E-state index in [1.54, 1.807) is 30.6 Å². The van der Waals surface area contributed by atoms with Crippen molar-refractivity contribution < 1.29 is 19.0 Å². The van der Waals surface area contributed by atoms with Crippen LogP contribution in [0, 0.1) is 0 Å². The highest BCUT2D eigenvalue weighted by molar-refractivity contribution is 7.81. The van der Waals surface area contributed by atoms with Gasteiger partial charge in [-0.15, -0.1) is 0 Å². The molecule has 1 aromatic carbocycles. The van der Waals surface area contributed by atoms with E-state index < -0.39 is 0 Å². The van der Waals surface area contributed by atoms with Crippen LogP contribution in [0.25, 0.3) is 0 Å². The van der Waals surface area contributed by atoms with Crippen molar-refractivity contribution in [3.8, 4) is 11.5 Å². The molecule has 198 valence electrons. The lowest BCUT2D eigenvalue weighted by atomic mass is 10.0. The van der Waals surface area contributed by atoms with Gasteiger partial charge in [0.05, 0.1) is 48.8 Å². The third-order valence-corrected chi connectivity index (χ3v) is 6.98. The highest BCUT2D eigenvalue weighted by Crippen LogP contribution is 2.33. The van der Waals surface area contributed by atoms with Gasteiger partial charge in [-0.1, -0.05) is 29.9 Å². The first-order chi connectivity index (χ1) is 17.9. The number of carbonyl (C=O) groups is 1. The first-order valence-corrected chi connectivity index (χ1v) is 12.9. The predicted octanol–water partition coefficient (Wildman–Crippen LogP) is 3.14. The monoisotopic (exact) mass is 545 g/mol. The van der Waals surface area contributed by atoms with Crippen LogP contribution in [0.15, 0.2) is 47.9 Å². The highest BCUT2D eigenvalue weighted by atomic mass is 35.5. The smallest absolute Gasteiger partial charge is 0.256 e. The number of anilines is 1. The van der Waals surface area contributed by atoms with Crippen LogP contribution in [0.3, 0.4) is 0 Å². The van der Waals surface area contributed by atoms with E-state index in [1.165, 1.54) is 7.11 Å². The number of pyridine rings is 1. The normalized spacial score (nSPS) is 20.3. The Morgan fingerprint density at radius 2 is 2.22 bits per heavy atom. The molecular weight excluding hydrogens is 514 g/mol. The molecule has 0 aliphatic carbocycles. The second-order valence-corrected chi connectivity index (χ2v) is 9.88.